The van der Waals surface area contributed by atoms with Crippen molar-refractivity contribution >= 4 is 34.2 Å². The number of anilines is 1. The summed E-state index contributed by atoms with van der Waals surface area (Å²) >= 11 is 0. The second-order valence-electron chi connectivity index (χ2n) is 9.36. The summed E-state index contributed by atoms with van der Waals surface area (Å²) in [6.07, 6.45) is 2.06. The number of likely N-dealkylation sites (N-methyl/N-ethyl adjacent to an activating group) is 1. The number of rotatable bonds is 9. The van der Waals surface area contributed by atoms with Gasteiger partial charge in [0.2, 0.25) is 11.8 Å². The van der Waals surface area contributed by atoms with Gasteiger partial charge in [0.1, 0.15) is 12.4 Å². The van der Waals surface area contributed by atoms with Crippen molar-refractivity contribution in [2.45, 2.75) is 63.6 Å². The van der Waals surface area contributed by atoms with Crippen LogP contribution in [-0.4, -0.2) is 60.8 Å². The predicted octanol–water partition coefficient (Wildman–Crippen LogP) is 1.92. The molecule has 1 unspecified atom stereocenters. The fourth-order valence-electron chi connectivity index (χ4n) is 5.07. The first kappa shape index (κ1) is 25.1. The van der Waals surface area contributed by atoms with Gasteiger partial charge < -0.3 is 26.0 Å². The molecule has 5 atom stereocenters. The van der Waals surface area contributed by atoms with E-state index < -0.39 is 12.1 Å². The molecule has 2 aromatic rings. The van der Waals surface area contributed by atoms with E-state index in [-0.39, 0.29) is 42.6 Å². The fraction of sp³-hybridized carbons (Fsp3) is 0.500. The van der Waals surface area contributed by atoms with E-state index in [0.717, 1.165) is 35.7 Å². The van der Waals surface area contributed by atoms with Crippen molar-refractivity contribution in [3.05, 3.63) is 42.5 Å². The van der Waals surface area contributed by atoms with Crippen LogP contribution in [0.1, 0.15) is 39.0 Å². The standard InChI is InChI=1S/C26H35N5O4/c1-16-20(15-29-25(33)24(27)28-2)26(34)31-18(13-14-23(31)35-16)9-6-12-22(32)30-21-11-5-8-17-7-3-4-10-19(17)21/h3-5,7-8,10-11,16,18,20,23-24,28H,6,9,12-15,27H2,1-2H3,(H,29,33)(H,30,32)/t16-,18?,20+,23+,24-/m1/s1. The van der Waals surface area contributed by atoms with Crippen LogP contribution >= 0.6 is 0 Å². The van der Waals surface area contributed by atoms with Crippen LogP contribution in [0.2, 0.25) is 0 Å². The summed E-state index contributed by atoms with van der Waals surface area (Å²) in [5, 5.41) is 10.6. The number of fused-ring (bicyclic) bond motifs is 2. The van der Waals surface area contributed by atoms with Crippen molar-refractivity contribution in [3.8, 4) is 0 Å². The largest absolute Gasteiger partial charge is 0.354 e. The lowest BCUT2D eigenvalue weighted by Crippen LogP contribution is -2.58. The maximum Gasteiger partial charge on any atom is 0.251 e. The average Bonchev–Trinajstić information content (AvgIpc) is 3.26. The highest BCUT2D eigenvalue weighted by Crippen LogP contribution is 2.35. The van der Waals surface area contributed by atoms with E-state index in [1.807, 2.05) is 54.3 Å². The lowest BCUT2D eigenvalue weighted by atomic mass is 9.98. The molecule has 2 aliphatic heterocycles. The Kier molecular flexibility index (Phi) is 8.00. The Morgan fingerprint density at radius 3 is 2.74 bits per heavy atom. The quantitative estimate of drug-likeness (QED) is 0.406. The molecule has 0 aromatic heterocycles. The number of nitrogens with one attached hydrogen (secondary N) is 3. The molecule has 0 saturated carbocycles. The molecule has 188 valence electrons. The summed E-state index contributed by atoms with van der Waals surface area (Å²) in [7, 11) is 1.60. The van der Waals surface area contributed by atoms with E-state index in [2.05, 4.69) is 16.0 Å². The molecule has 35 heavy (non-hydrogen) atoms. The van der Waals surface area contributed by atoms with Crippen LogP contribution in [-0.2, 0) is 19.1 Å². The Labute approximate surface area is 205 Å². The van der Waals surface area contributed by atoms with Gasteiger partial charge >= 0.3 is 0 Å². The SMILES string of the molecule is CN[C@@H](N)C(=O)NC[C@@H]1C(=O)N2C(CCCC(=O)Nc3cccc4ccccc34)CC[C@@H]2O[C@@H]1C. The minimum Gasteiger partial charge on any atom is -0.354 e. The molecule has 5 N–H and O–H groups in total. The third-order valence-corrected chi connectivity index (χ3v) is 7.06. The normalized spacial score (nSPS) is 24.8. The van der Waals surface area contributed by atoms with Crippen molar-refractivity contribution in [1.82, 2.24) is 15.5 Å². The van der Waals surface area contributed by atoms with Crippen LogP contribution in [0.3, 0.4) is 0 Å². The highest BCUT2D eigenvalue weighted by atomic mass is 16.5. The first-order valence-electron chi connectivity index (χ1n) is 12.3. The molecule has 0 aliphatic carbocycles. The molecular weight excluding hydrogens is 446 g/mol. The minimum atomic E-state index is -0.822. The molecule has 9 nitrogen and oxygen atoms in total. The number of nitrogens with two attached hydrogens (primary N) is 1. The molecule has 0 radical (unpaired) electrons. The zero-order valence-corrected chi connectivity index (χ0v) is 20.3. The number of hydrogen-bond donors (Lipinski definition) is 4. The maximum atomic E-state index is 13.3. The zero-order valence-electron chi connectivity index (χ0n) is 20.3. The Hall–Kier alpha value is -3.01. The van der Waals surface area contributed by atoms with Crippen LogP contribution in [0.15, 0.2) is 42.5 Å². The monoisotopic (exact) mass is 481 g/mol. The molecule has 4 rings (SSSR count). The van der Waals surface area contributed by atoms with E-state index >= 15 is 0 Å². The van der Waals surface area contributed by atoms with Gasteiger partial charge in [-0.25, -0.2) is 0 Å². The molecule has 2 aliphatic rings. The second kappa shape index (κ2) is 11.2. The summed E-state index contributed by atoms with van der Waals surface area (Å²) in [5.74, 6) is -0.860. The van der Waals surface area contributed by atoms with E-state index in [1.165, 1.54) is 0 Å². The van der Waals surface area contributed by atoms with Gasteiger partial charge in [0.25, 0.3) is 5.91 Å². The van der Waals surface area contributed by atoms with Gasteiger partial charge in [-0.15, -0.1) is 0 Å². The summed E-state index contributed by atoms with van der Waals surface area (Å²) in [5.41, 5.74) is 6.49. The molecule has 0 spiro atoms. The number of amides is 3. The van der Waals surface area contributed by atoms with Crippen LogP contribution in [0.5, 0.6) is 0 Å². The molecular formula is C26H35N5O4. The van der Waals surface area contributed by atoms with Gasteiger partial charge in [-0.2, -0.15) is 0 Å². The Bertz CT molecular complexity index is 1070. The summed E-state index contributed by atoms with van der Waals surface area (Å²) in [4.78, 5) is 39.8. The van der Waals surface area contributed by atoms with Gasteiger partial charge in [-0.05, 0) is 51.1 Å². The minimum absolute atomic E-state index is 0.00483. The van der Waals surface area contributed by atoms with Crippen LogP contribution in [0.25, 0.3) is 10.8 Å². The third-order valence-electron chi connectivity index (χ3n) is 7.06. The highest BCUT2D eigenvalue weighted by molar-refractivity contribution is 6.02. The number of hydrogen-bond acceptors (Lipinski definition) is 6. The van der Waals surface area contributed by atoms with Gasteiger partial charge in [-0.1, -0.05) is 36.4 Å². The van der Waals surface area contributed by atoms with Gasteiger partial charge in [0, 0.05) is 30.1 Å². The fourth-order valence-corrected chi connectivity index (χ4v) is 5.07. The van der Waals surface area contributed by atoms with Crippen molar-refractivity contribution in [3.63, 3.8) is 0 Å². The molecule has 2 saturated heterocycles. The van der Waals surface area contributed by atoms with Crippen LogP contribution < -0.4 is 21.7 Å². The van der Waals surface area contributed by atoms with Crippen molar-refractivity contribution in [1.29, 1.82) is 0 Å². The lowest BCUT2D eigenvalue weighted by Gasteiger charge is -2.41. The average molecular weight is 482 g/mol. The van der Waals surface area contributed by atoms with Crippen molar-refractivity contribution < 1.29 is 19.1 Å². The predicted molar refractivity (Wildman–Crippen MR) is 134 cm³/mol. The van der Waals surface area contributed by atoms with E-state index in [9.17, 15) is 14.4 Å². The topological polar surface area (TPSA) is 126 Å². The first-order valence-corrected chi connectivity index (χ1v) is 12.3. The number of carbonyl (C=O) groups is 3. The Morgan fingerprint density at radius 2 is 1.94 bits per heavy atom. The van der Waals surface area contributed by atoms with Crippen molar-refractivity contribution in [2.75, 3.05) is 18.9 Å². The van der Waals surface area contributed by atoms with Crippen LogP contribution in [0, 0.1) is 5.92 Å². The van der Waals surface area contributed by atoms with E-state index in [1.54, 1.807) is 7.05 Å². The molecule has 3 amide bonds. The first-order chi connectivity index (χ1) is 16.9. The second-order valence-corrected chi connectivity index (χ2v) is 9.36. The summed E-state index contributed by atoms with van der Waals surface area (Å²) in [6.45, 7) is 2.05. The number of benzene rings is 2. The molecule has 9 heteroatoms. The van der Waals surface area contributed by atoms with Crippen LogP contribution in [0.4, 0.5) is 5.69 Å². The number of carbonyl (C=O) groups excluding carboxylic acids is 3. The zero-order chi connectivity index (χ0) is 24.9. The van der Waals surface area contributed by atoms with E-state index in [0.29, 0.717) is 12.8 Å². The van der Waals surface area contributed by atoms with Gasteiger partial charge in [0.15, 0.2) is 0 Å². The van der Waals surface area contributed by atoms with Gasteiger partial charge in [0.05, 0.1) is 12.0 Å². The highest BCUT2D eigenvalue weighted by Gasteiger charge is 2.46. The molecule has 2 heterocycles. The van der Waals surface area contributed by atoms with E-state index in [4.69, 9.17) is 10.5 Å². The van der Waals surface area contributed by atoms with Crippen molar-refractivity contribution in [2.24, 2.45) is 11.7 Å². The number of ether oxygens (including phenoxy) is 1. The lowest BCUT2D eigenvalue weighted by molar-refractivity contribution is -0.182. The Morgan fingerprint density at radius 1 is 1.17 bits per heavy atom. The molecule has 2 fully saturated rings. The molecule has 0 bridgehead atoms. The third kappa shape index (κ3) is 5.63. The summed E-state index contributed by atoms with van der Waals surface area (Å²) in [6, 6.07) is 13.9. The Balaban J connectivity index is 1.30. The summed E-state index contributed by atoms with van der Waals surface area (Å²) < 4.78 is 6.12. The molecule has 2 aromatic carbocycles. The maximum absolute atomic E-state index is 13.3. The number of nitrogens with zero attached hydrogens (tertiary/aromatic N) is 1. The smallest absolute Gasteiger partial charge is 0.251 e. The van der Waals surface area contributed by atoms with Gasteiger partial charge in [-0.3, -0.25) is 19.7 Å².